The Morgan fingerprint density at radius 2 is 2.04 bits per heavy atom. The van der Waals surface area contributed by atoms with E-state index in [-0.39, 0.29) is 11.5 Å². The molecule has 0 unspecified atom stereocenters. The van der Waals surface area contributed by atoms with Crippen molar-refractivity contribution < 1.29 is 9.18 Å². The van der Waals surface area contributed by atoms with E-state index in [1.807, 2.05) is 17.0 Å². The van der Waals surface area contributed by atoms with Gasteiger partial charge in [0.1, 0.15) is 23.1 Å². The number of hydrogen-bond donors (Lipinski definition) is 1. The lowest BCUT2D eigenvalue weighted by molar-refractivity contribution is 0.0741. The highest BCUT2D eigenvalue weighted by molar-refractivity contribution is 5.92. The number of anilines is 1. The van der Waals surface area contributed by atoms with E-state index in [1.54, 1.807) is 17.0 Å². The highest BCUT2D eigenvalue weighted by Crippen LogP contribution is 2.39. The maximum absolute atomic E-state index is 13.8. The van der Waals surface area contributed by atoms with Crippen LogP contribution < -0.4 is 4.90 Å². The number of rotatable bonds is 3. The number of halogens is 1. The molecule has 1 saturated heterocycles. The number of hydrogen-bond acceptors (Lipinski definition) is 4. The minimum Gasteiger partial charge on any atom is -0.367 e. The number of nitrogens with one attached hydrogen (secondary N) is 1. The van der Waals surface area contributed by atoms with E-state index in [9.17, 15) is 14.4 Å². The monoisotopic (exact) mass is 339 g/mol. The van der Waals surface area contributed by atoms with Crippen LogP contribution in [0, 0.1) is 17.1 Å². The topological polar surface area (TPSA) is 76.0 Å². The third-order valence-corrected chi connectivity index (χ3v) is 4.84. The Morgan fingerprint density at radius 3 is 2.72 bits per heavy atom. The molecule has 2 aliphatic rings. The van der Waals surface area contributed by atoms with Crippen LogP contribution in [0.4, 0.5) is 10.1 Å². The quantitative estimate of drug-likeness (QED) is 0.931. The van der Waals surface area contributed by atoms with Crippen LogP contribution in [0.5, 0.6) is 0 Å². The number of aromatic amines is 1. The lowest BCUT2D eigenvalue weighted by Gasteiger charge is -2.36. The summed E-state index contributed by atoms with van der Waals surface area (Å²) >= 11 is 0. The highest BCUT2D eigenvalue weighted by Gasteiger charge is 2.29. The van der Waals surface area contributed by atoms with Gasteiger partial charge in [0.05, 0.1) is 5.69 Å². The summed E-state index contributed by atoms with van der Waals surface area (Å²) in [7, 11) is 0. The highest BCUT2D eigenvalue weighted by atomic mass is 19.1. The number of H-pyrrole nitrogens is 1. The van der Waals surface area contributed by atoms with Crippen molar-refractivity contribution >= 4 is 11.6 Å². The van der Waals surface area contributed by atoms with Gasteiger partial charge in [-0.25, -0.2) is 4.39 Å². The average molecular weight is 339 g/mol. The van der Waals surface area contributed by atoms with Gasteiger partial charge in [0.2, 0.25) is 0 Å². The van der Waals surface area contributed by atoms with Crippen LogP contribution in [0.25, 0.3) is 0 Å². The van der Waals surface area contributed by atoms with Crippen LogP contribution >= 0.6 is 0 Å². The number of carbonyl (C=O) groups is 1. The number of nitrogens with zero attached hydrogens (tertiary/aromatic N) is 4. The van der Waals surface area contributed by atoms with E-state index >= 15 is 0 Å². The minimum atomic E-state index is -0.511. The smallest absolute Gasteiger partial charge is 0.274 e. The van der Waals surface area contributed by atoms with E-state index < -0.39 is 5.82 Å². The van der Waals surface area contributed by atoms with E-state index in [0.717, 1.165) is 18.5 Å². The average Bonchev–Trinajstić information content (AvgIpc) is 3.38. The summed E-state index contributed by atoms with van der Waals surface area (Å²) in [5.74, 6) is -0.0616. The Balaban J connectivity index is 1.43. The lowest BCUT2D eigenvalue weighted by atomic mass is 10.1. The normalized spacial score (nSPS) is 17.4. The Morgan fingerprint density at radius 1 is 1.28 bits per heavy atom. The second kappa shape index (κ2) is 6.20. The lowest BCUT2D eigenvalue weighted by Crippen LogP contribution is -2.49. The van der Waals surface area contributed by atoms with Crippen LogP contribution in [-0.2, 0) is 0 Å². The van der Waals surface area contributed by atoms with Gasteiger partial charge in [-0.15, -0.1) is 0 Å². The summed E-state index contributed by atoms with van der Waals surface area (Å²) in [4.78, 5) is 16.3. The molecule has 0 atom stereocenters. The third-order valence-electron chi connectivity index (χ3n) is 4.84. The Hall–Kier alpha value is -2.88. The second-order valence-corrected chi connectivity index (χ2v) is 6.51. The molecule has 1 aromatic carbocycles. The molecule has 0 spiro atoms. The van der Waals surface area contributed by atoms with Gasteiger partial charge in [-0.05, 0) is 31.0 Å². The molecule has 4 rings (SSSR count). The molecule has 1 amide bonds. The van der Waals surface area contributed by atoms with Crippen molar-refractivity contribution in [3.63, 3.8) is 0 Å². The number of benzene rings is 1. The molecule has 1 aliphatic heterocycles. The zero-order valence-corrected chi connectivity index (χ0v) is 13.7. The molecule has 0 radical (unpaired) electrons. The molecular formula is C18H18FN5O. The maximum atomic E-state index is 13.8. The Labute approximate surface area is 144 Å². The zero-order valence-electron chi connectivity index (χ0n) is 13.7. The van der Waals surface area contributed by atoms with Gasteiger partial charge in [0.25, 0.3) is 5.91 Å². The van der Waals surface area contributed by atoms with E-state index in [2.05, 4.69) is 10.2 Å². The first-order chi connectivity index (χ1) is 12.2. The molecule has 128 valence electrons. The van der Waals surface area contributed by atoms with Crippen molar-refractivity contribution in [1.29, 1.82) is 5.26 Å². The van der Waals surface area contributed by atoms with E-state index in [4.69, 9.17) is 0 Å². The van der Waals surface area contributed by atoms with Crippen LogP contribution in [0.2, 0.25) is 0 Å². The van der Waals surface area contributed by atoms with Gasteiger partial charge in [0, 0.05) is 37.8 Å². The predicted molar refractivity (Wildman–Crippen MR) is 89.8 cm³/mol. The summed E-state index contributed by atoms with van der Waals surface area (Å²) in [6, 6.07) is 8.42. The molecule has 0 bridgehead atoms. The maximum Gasteiger partial charge on any atom is 0.274 e. The molecule has 6 nitrogen and oxygen atoms in total. The van der Waals surface area contributed by atoms with Crippen molar-refractivity contribution in [1.82, 2.24) is 15.1 Å². The number of nitriles is 1. The SMILES string of the molecule is N#Cc1c(F)cccc1N1CCN(C(=O)c2cc(C3CC3)[nH]n2)CC1. The molecule has 2 aromatic rings. The number of carbonyl (C=O) groups excluding carboxylic acids is 1. The van der Waals surface area contributed by atoms with Crippen molar-refractivity contribution in [2.75, 3.05) is 31.1 Å². The van der Waals surface area contributed by atoms with Crippen LogP contribution in [-0.4, -0.2) is 47.2 Å². The fourth-order valence-corrected chi connectivity index (χ4v) is 3.25. The van der Waals surface area contributed by atoms with Crippen LogP contribution in [0.15, 0.2) is 24.3 Å². The molecule has 1 N–H and O–H groups in total. The second-order valence-electron chi connectivity index (χ2n) is 6.51. The first kappa shape index (κ1) is 15.6. The van der Waals surface area contributed by atoms with Gasteiger partial charge in [-0.2, -0.15) is 10.4 Å². The van der Waals surface area contributed by atoms with Gasteiger partial charge < -0.3 is 9.80 Å². The molecule has 7 heteroatoms. The fraction of sp³-hybridized carbons (Fsp3) is 0.389. The summed E-state index contributed by atoms with van der Waals surface area (Å²) in [5.41, 5.74) is 2.15. The van der Waals surface area contributed by atoms with Crippen molar-refractivity contribution in [2.45, 2.75) is 18.8 Å². The van der Waals surface area contributed by atoms with Gasteiger partial charge in [-0.3, -0.25) is 9.89 Å². The largest absolute Gasteiger partial charge is 0.367 e. The summed E-state index contributed by atoms with van der Waals surface area (Å²) in [5, 5.41) is 16.3. The Bertz CT molecular complexity index is 843. The third kappa shape index (κ3) is 2.95. The molecular weight excluding hydrogens is 321 g/mol. The summed E-state index contributed by atoms with van der Waals surface area (Å²) in [6.07, 6.45) is 2.31. The van der Waals surface area contributed by atoms with Gasteiger partial charge in [0.15, 0.2) is 0 Å². The molecule has 2 heterocycles. The first-order valence-corrected chi connectivity index (χ1v) is 8.45. The molecule has 25 heavy (non-hydrogen) atoms. The standard InChI is InChI=1S/C18H18FN5O/c19-14-2-1-3-17(13(14)11-20)23-6-8-24(9-7-23)18(25)16-10-15(21-22-16)12-4-5-12/h1-3,10,12H,4-9H2,(H,21,22). The molecule has 1 saturated carbocycles. The fourth-order valence-electron chi connectivity index (χ4n) is 3.25. The number of piperazine rings is 1. The Kier molecular flexibility index (Phi) is 3.88. The predicted octanol–water partition coefficient (Wildman–Crippen LogP) is 2.26. The summed E-state index contributed by atoms with van der Waals surface area (Å²) in [6.45, 7) is 2.16. The van der Waals surface area contributed by atoms with Crippen LogP contribution in [0.1, 0.15) is 40.5 Å². The minimum absolute atomic E-state index is 0.0589. The van der Waals surface area contributed by atoms with Gasteiger partial charge in [-0.1, -0.05) is 6.07 Å². The van der Waals surface area contributed by atoms with Crippen molar-refractivity contribution in [3.05, 3.63) is 47.0 Å². The van der Waals surface area contributed by atoms with Gasteiger partial charge >= 0.3 is 0 Å². The van der Waals surface area contributed by atoms with Crippen LogP contribution in [0.3, 0.4) is 0 Å². The van der Waals surface area contributed by atoms with Crippen molar-refractivity contribution in [2.24, 2.45) is 0 Å². The first-order valence-electron chi connectivity index (χ1n) is 8.45. The molecule has 1 aromatic heterocycles. The summed E-state index contributed by atoms with van der Waals surface area (Å²) < 4.78 is 13.8. The van der Waals surface area contributed by atoms with E-state index in [0.29, 0.717) is 43.5 Å². The molecule has 1 aliphatic carbocycles. The number of aromatic nitrogens is 2. The number of amides is 1. The van der Waals surface area contributed by atoms with Crippen molar-refractivity contribution in [3.8, 4) is 6.07 Å². The van der Waals surface area contributed by atoms with E-state index in [1.165, 1.54) is 6.07 Å². The molecule has 2 fully saturated rings. The zero-order chi connectivity index (χ0) is 17.4.